The van der Waals surface area contributed by atoms with Gasteiger partial charge in [0.05, 0.1) is 18.2 Å². The number of hydrogen-bond acceptors (Lipinski definition) is 4. The summed E-state index contributed by atoms with van der Waals surface area (Å²) in [4.78, 5) is 23.9. The van der Waals surface area contributed by atoms with E-state index in [9.17, 15) is 9.59 Å². The number of nitrogens with one attached hydrogen (secondary N) is 1. The van der Waals surface area contributed by atoms with Crippen LogP contribution in [-0.2, 0) is 11.3 Å². The van der Waals surface area contributed by atoms with Crippen LogP contribution in [0.15, 0.2) is 16.7 Å². The fraction of sp³-hybridized carbons (Fsp3) is 0.455. The fourth-order valence-electron chi connectivity index (χ4n) is 1.82. The van der Waals surface area contributed by atoms with Gasteiger partial charge in [-0.15, -0.1) is 0 Å². The van der Waals surface area contributed by atoms with Crippen LogP contribution in [0.1, 0.15) is 22.5 Å². The Hall–Kier alpha value is -1.82. The van der Waals surface area contributed by atoms with Crippen LogP contribution in [0.3, 0.4) is 0 Å². The van der Waals surface area contributed by atoms with Gasteiger partial charge in [-0.05, 0) is 12.5 Å². The maximum absolute atomic E-state index is 11.6. The first-order valence-electron chi connectivity index (χ1n) is 5.37. The van der Waals surface area contributed by atoms with Crippen LogP contribution >= 0.6 is 0 Å². The van der Waals surface area contributed by atoms with Crippen molar-refractivity contribution < 1.29 is 19.1 Å². The summed E-state index contributed by atoms with van der Waals surface area (Å²) < 4.78 is 5.08. The third-order valence-electron chi connectivity index (χ3n) is 2.85. The molecule has 1 aromatic heterocycles. The first-order valence-corrected chi connectivity index (χ1v) is 5.37. The van der Waals surface area contributed by atoms with Crippen molar-refractivity contribution in [2.75, 3.05) is 13.6 Å². The molecule has 0 bridgehead atoms. The van der Waals surface area contributed by atoms with E-state index in [0.717, 1.165) is 13.0 Å². The first kappa shape index (κ1) is 11.7. The summed E-state index contributed by atoms with van der Waals surface area (Å²) in [6.45, 7) is 1.10. The lowest BCUT2D eigenvalue weighted by atomic mass is 10.2. The van der Waals surface area contributed by atoms with Crippen molar-refractivity contribution in [1.82, 2.24) is 10.2 Å². The van der Waals surface area contributed by atoms with E-state index < -0.39 is 5.97 Å². The molecule has 1 unspecified atom stereocenters. The van der Waals surface area contributed by atoms with E-state index in [0.29, 0.717) is 12.3 Å². The number of carbonyl (C=O) groups is 2. The number of aromatic carboxylic acids is 1. The Morgan fingerprint density at radius 2 is 2.47 bits per heavy atom. The lowest BCUT2D eigenvalue weighted by Gasteiger charge is -2.10. The summed E-state index contributed by atoms with van der Waals surface area (Å²) in [6, 6.07) is 1.26. The highest BCUT2D eigenvalue weighted by molar-refractivity contribution is 5.87. The van der Waals surface area contributed by atoms with E-state index in [2.05, 4.69) is 5.32 Å². The number of carboxylic acids is 1. The molecule has 2 heterocycles. The predicted octanol–water partition coefficient (Wildman–Crippen LogP) is 0.298. The average Bonchev–Trinajstić information content (AvgIpc) is 2.86. The number of carbonyl (C=O) groups excluding carboxylic acids is 1. The van der Waals surface area contributed by atoms with Crippen LogP contribution in [0.25, 0.3) is 0 Å². The molecule has 0 spiro atoms. The van der Waals surface area contributed by atoms with Gasteiger partial charge in [0, 0.05) is 13.6 Å². The number of rotatable bonds is 4. The van der Waals surface area contributed by atoms with Crippen LogP contribution in [-0.4, -0.2) is 41.5 Å². The number of amides is 1. The molecule has 1 saturated heterocycles. The van der Waals surface area contributed by atoms with E-state index in [1.807, 2.05) is 0 Å². The summed E-state index contributed by atoms with van der Waals surface area (Å²) in [7, 11) is 1.76. The molecule has 17 heavy (non-hydrogen) atoms. The van der Waals surface area contributed by atoms with Crippen LogP contribution in [0, 0.1) is 0 Å². The molecule has 2 rings (SSSR count). The van der Waals surface area contributed by atoms with Crippen LogP contribution in [0.5, 0.6) is 0 Å². The van der Waals surface area contributed by atoms with Gasteiger partial charge >= 0.3 is 5.97 Å². The summed E-state index contributed by atoms with van der Waals surface area (Å²) in [6.07, 6.45) is 1.96. The lowest BCUT2D eigenvalue weighted by molar-refractivity contribution is -0.128. The van der Waals surface area contributed by atoms with E-state index in [1.165, 1.54) is 12.3 Å². The van der Waals surface area contributed by atoms with Gasteiger partial charge in [0.25, 0.3) is 0 Å². The number of hydrogen-bond donors (Lipinski definition) is 2. The predicted molar refractivity (Wildman–Crippen MR) is 58.5 cm³/mol. The summed E-state index contributed by atoms with van der Waals surface area (Å²) >= 11 is 0. The fourth-order valence-corrected chi connectivity index (χ4v) is 1.82. The van der Waals surface area contributed by atoms with Crippen molar-refractivity contribution in [2.24, 2.45) is 0 Å². The number of likely N-dealkylation sites (N-methyl/N-ethyl adjacent to an activating group) is 1. The van der Waals surface area contributed by atoms with Crippen LogP contribution in [0.4, 0.5) is 0 Å². The van der Waals surface area contributed by atoms with Gasteiger partial charge in [0.2, 0.25) is 5.91 Å². The maximum atomic E-state index is 11.6. The maximum Gasteiger partial charge on any atom is 0.338 e. The van der Waals surface area contributed by atoms with Crippen LogP contribution in [0.2, 0.25) is 0 Å². The lowest BCUT2D eigenvalue weighted by Crippen LogP contribution is -2.36. The molecule has 1 aliphatic heterocycles. The molecular formula is C11H14N2O4. The zero-order valence-electron chi connectivity index (χ0n) is 9.47. The van der Waals surface area contributed by atoms with Crippen molar-refractivity contribution in [1.29, 1.82) is 0 Å². The highest BCUT2D eigenvalue weighted by Crippen LogP contribution is 2.11. The van der Waals surface area contributed by atoms with Gasteiger partial charge in [-0.25, -0.2) is 4.79 Å². The van der Waals surface area contributed by atoms with E-state index in [1.54, 1.807) is 11.9 Å². The number of likely N-dealkylation sites (tertiary alicyclic amines) is 1. The number of furan rings is 1. The van der Waals surface area contributed by atoms with Crippen LogP contribution < -0.4 is 5.32 Å². The van der Waals surface area contributed by atoms with Gasteiger partial charge in [-0.1, -0.05) is 0 Å². The third-order valence-corrected chi connectivity index (χ3v) is 2.85. The molecule has 1 aromatic rings. The molecule has 6 heteroatoms. The van der Waals surface area contributed by atoms with Crippen molar-refractivity contribution in [3.8, 4) is 0 Å². The van der Waals surface area contributed by atoms with E-state index in [4.69, 9.17) is 9.52 Å². The van der Waals surface area contributed by atoms with E-state index >= 15 is 0 Å². The quantitative estimate of drug-likeness (QED) is 0.788. The molecule has 0 aromatic carbocycles. The van der Waals surface area contributed by atoms with Crippen molar-refractivity contribution in [3.63, 3.8) is 0 Å². The standard InChI is InChI=1S/C11H14N2O4/c1-13-3-2-9(10(13)14)12-5-8-4-7(6-17-8)11(15)16/h4,6,9,12H,2-3,5H2,1H3,(H,15,16). The molecule has 92 valence electrons. The van der Waals surface area contributed by atoms with Gasteiger partial charge in [0.15, 0.2) is 0 Å². The smallest absolute Gasteiger partial charge is 0.338 e. The Kier molecular flexibility index (Phi) is 3.14. The minimum Gasteiger partial charge on any atom is -0.478 e. The Balaban J connectivity index is 1.89. The second-order valence-corrected chi connectivity index (χ2v) is 4.09. The molecule has 1 atom stereocenters. The van der Waals surface area contributed by atoms with Gasteiger partial charge < -0.3 is 14.4 Å². The zero-order chi connectivity index (χ0) is 12.4. The minimum absolute atomic E-state index is 0.0648. The summed E-state index contributed by atoms with van der Waals surface area (Å²) in [5, 5.41) is 11.8. The monoisotopic (exact) mass is 238 g/mol. The summed E-state index contributed by atoms with van der Waals surface area (Å²) in [5.74, 6) is -0.434. The topological polar surface area (TPSA) is 82.8 Å². The largest absolute Gasteiger partial charge is 0.478 e. The molecule has 1 amide bonds. The van der Waals surface area contributed by atoms with Crippen molar-refractivity contribution in [3.05, 3.63) is 23.7 Å². The molecule has 6 nitrogen and oxygen atoms in total. The molecule has 2 N–H and O–H groups in total. The van der Waals surface area contributed by atoms with Gasteiger partial charge in [-0.3, -0.25) is 10.1 Å². The molecule has 0 aliphatic carbocycles. The Bertz CT molecular complexity index is 440. The zero-order valence-corrected chi connectivity index (χ0v) is 9.47. The normalized spacial score (nSPS) is 19.9. The molecule has 1 fully saturated rings. The average molecular weight is 238 g/mol. The molecule has 0 saturated carbocycles. The highest BCUT2D eigenvalue weighted by atomic mass is 16.4. The first-order chi connectivity index (χ1) is 8.08. The number of nitrogens with zero attached hydrogens (tertiary/aromatic N) is 1. The van der Waals surface area contributed by atoms with Crippen molar-refractivity contribution >= 4 is 11.9 Å². The molecule has 1 aliphatic rings. The number of carboxylic acid groups (broad SMARTS) is 1. The van der Waals surface area contributed by atoms with Gasteiger partial charge in [-0.2, -0.15) is 0 Å². The highest BCUT2D eigenvalue weighted by Gasteiger charge is 2.28. The SMILES string of the molecule is CN1CCC(NCc2cc(C(=O)O)co2)C1=O. The van der Waals surface area contributed by atoms with Crippen molar-refractivity contribution in [2.45, 2.75) is 19.0 Å². The molecule has 0 radical (unpaired) electrons. The summed E-state index contributed by atoms with van der Waals surface area (Å²) in [5.41, 5.74) is 0.122. The van der Waals surface area contributed by atoms with E-state index in [-0.39, 0.29) is 17.5 Å². The third kappa shape index (κ3) is 2.47. The Labute approximate surface area is 98.2 Å². The second kappa shape index (κ2) is 4.58. The Morgan fingerprint density at radius 3 is 3.00 bits per heavy atom. The molecular weight excluding hydrogens is 224 g/mol. The van der Waals surface area contributed by atoms with Gasteiger partial charge in [0.1, 0.15) is 12.0 Å². The Morgan fingerprint density at radius 1 is 1.71 bits per heavy atom. The second-order valence-electron chi connectivity index (χ2n) is 4.09. The minimum atomic E-state index is -1.02.